The number of halogens is 2. The van der Waals surface area contributed by atoms with Gasteiger partial charge in [0, 0.05) is 11.8 Å². The Labute approximate surface area is 74.2 Å². The van der Waals surface area contributed by atoms with Gasteiger partial charge in [-0.05, 0) is 12.5 Å². The van der Waals surface area contributed by atoms with Crippen molar-refractivity contribution in [3.63, 3.8) is 0 Å². The molecule has 0 bridgehead atoms. The van der Waals surface area contributed by atoms with Crippen LogP contribution in [0, 0.1) is 6.92 Å². The summed E-state index contributed by atoms with van der Waals surface area (Å²) in [6.07, 6.45) is -1.54. The number of pyridine rings is 1. The minimum atomic E-state index is -2.58. The van der Waals surface area contributed by atoms with E-state index >= 15 is 0 Å². The highest BCUT2D eigenvalue weighted by Crippen LogP contribution is 2.26. The molecule has 1 aromatic rings. The maximum Gasteiger partial charge on any atom is 0.265 e. The van der Waals surface area contributed by atoms with Gasteiger partial charge in [-0.3, -0.25) is 4.98 Å². The van der Waals surface area contributed by atoms with Gasteiger partial charge < -0.3 is 10.8 Å². The monoisotopic (exact) mass is 188 g/mol. The Morgan fingerprint density at radius 3 is 2.69 bits per heavy atom. The molecular weight excluding hydrogens is 178 g/mol. The molecule has 0 unspecified atom stereocenters. The van der Waals surface area contributed by atoms with Crippen LogP contribution in [0.1, 0.15) is 23.2 Å². The Morgan fingerprint density at radius 2 is 2.23 bits per heavy atom. The van der Waals surface area contributed by atoms with E-state index in [-0.39, 0.29) is 29.1 Å². The highest BCUT2D eigenvalue weighted by molar-refractivity contribution is 5.53. The number of alkyl halides is 2. The van der Waals surface area contributed by atoms with E-state index in [1.807, 2.05) is 0 Å². The van der Waals surface area contributed by atoms with Crippen molar-refractivity contribution in [1.29, 1.82) is 0 Å². The lowest BCUT2D eigenvalue weighted by Crippen LogP contribution is -2.04. The third-order valence-electron chi connectivity index (χ3n) is 1.89. The first-order valence-electron chi connectivity index (χ1n) is 3.70. The van der Waals surface area contributed by atoms with Gasteiger partial charge in [0.15, 0.2) is 0 Å². The van der Waals surface area contributed by atoms with Crippen LogP contribution in [0.25, 0.3) is 0 Å². The van der Waals surface area contributed by atoms with Crippen molar-refractivity contribution >= 4 is 5.69 Å². The summed E-state index contributed by atoms with van der Waals surface area (Å²) in [5.74, 6) is 0. The molecule has 0 saturated carbocycles. The summed E-state index contributed by atoms with van der Waals surface area (Å²) in [6.45, 7) is 1.15. The number of aromatic nitrogens is 1. The van der Waals surface area contributed by atoms with E-state index in [1.165, 1.54) is 6.92 Å². The second kappa shape index (κ2) is 3.66. The predicted molar refractivity (Wildman–Crippen MR) is 44.3 cm³/mol. The van der Waals surface area contributed by atoms with Gasteiger partial charge in [0.1, 0.15) is 0 Å². The molecule has 0 saturated heterocycles. The third kappa shape index (κ3) is 1.75. The number of aliphatic hydroxyl groups excluding tert-OH is 1. The molecule has 0 fully saturated rings. The number of hydrogen-bond donors (Lipinski definition) is 2. The Morgan fingerprint density at radius 1 is 1.62 bits per heavy atom. The maximum absolute atomic E-state index is 12.3. The zero-order chi connectivity index (χ0) is 10.0. The quantitative estimate of drug-likeness (QED) is 0.737. The normalized spacial score (nSPS) is 10.8. The van der Waals surface area contributed by atoms with E-state index in [0.717, 1.165) is 6.20 Å². The van der Waals surface area contributed by atoms with Crippen molar-refractivity contribution in [2.24, 2.45) is 0 Å². The van der Waals surface area contributed by atoms with Crippen molar-refractivity contribution in [2.45, 2.75) is 20.0 Å². The largest absolute Gasteiger partial charge is 0.397 e. The molecule has 3 nitrogen and oxygen atoms in total. The molecule has 0 spiro atoms. The van der Waals surface area contributed by atoms with Crippen molar-refractivity contribution in [3.8, 4) is 0 Å². The first-order valence-corrected chi connectivity index (χ1v) is 3.70. The molecule has 3 N–H and O–H groups in total. The van der Waals surface area contributed by atoms with E-state index in [0.29, 0.717) is 0 Å². The molecule has 0 aliphatic carbocycles. The number of nitrogen functional groups attached to an aromatic ring is 1. The molecule has 72 valence electrons. The summed E-state index contributed by atoms with van der Waals surface area (Å²) in [6, 6.07) is 0. The summed E-state index contributed by atoms with van der Waals surface area (Å²) in [5, 5.41) is 8.74. The Bertz CT molecular complexity index is 315. The Kier molecular flexibility index (Phi) is 2.77. The van der Waals surface area contributed by atoms with Crippen LogP contribution in [0.15, 0.2) is 6.20 Å². The first kappa shape index (κ1) is 9.85. The maximum atomic E-state index is 12.3. The van der Waals surface area contributed by atoms with Gasteiger partial charge in [-0.2, -0.15) is 0 Å². The predicted octanol–water partition coefficient (Wildman–Crippen LogP) is 1.40. The van der Waals surface area contributed by atoms with Crippen LogP contribution in [-0.2, 0) is 6.61 Å². The standard InChI is InChI=1S/C8H10F2N2O/c1-4-5(8(9)10)2-12-6(3-13)7(4)11/h2,8,13H,3,11H2,1H3. The van der Waals surface area contributed by atoms with Crippen molar-refractivity contribution in [2.75, 3.05) is 5.73 Å². The van der Waals surface area contributed by atoms with Gasteiger partial charge in [0.05, 0.1) is 18.0 Å². The summed E-state index contributed by atoms with van der Waals surface area (Å²) in [4.78, 5) is 3.62. The molecular formula is C8H10F2N2O. The second-order valence-electron chi connectivity index (χ2n) is 2.66. The summed E-state index contributed by atoms with van der Waals surface area (Å²) in [7, 11) is 0. The van der Waals surface area contributed by atoms with Crippen molar-refractivity contribution in [3.05, 3.63) is 23.0 Å². The number of nitrogens with two attached hydrogens (primary N) is 1. The minimum absolute atomic E-state index is 0.139. The van der Waals surface area contributed by atoms with Gasteiger partial charge in [-0.25, -0.2) is 8.78 Å². The Balaban J connectivity index is 3.23. The molecule has 0 radical (unpaired) electrons. The third-order valence-corrected chi connectivity index (χ3v) is 1.89. The van der Waals surface area contributed by atoms with E-state index in [1.54, 1.807) is 0 Å². The number of anilines is 1. The van der Waals surface area contributed by atoms with Crippen molar-refractivity contribution < 1.29 is 13.9 Å². The molecule has 1 aromatic heterocycles. The molecule has 13 heavy (non-hydrogen) atoms. The van der Waals surface area contributed by atoms with Crippen LogP contribution in [0.4, 0.5) is 14.5 Å². The van der Waals surface area contributed by atoms with Gasteiger partial charge in [-0.1, -0.05) is 0 Å². The lowest BCUT2D eigenvalue weighted by Gasteiger charge is -2.09. The fourth-order valence-electron chi connectivity index (χ4n) is 1.03. The lowest BCUT2D eigenvalue weighted by molar-refractivity contribution is 0.150. The number of aliphatic hydroxyl groups is 1. The summed E-state index contributed by atoms with van der Waals surface area (Å²) < 4.78 is 24.6. The fraction of sp³-hybridized carbons (Fsp3) is 0.375. The number of rotatable bonds is 2. The molecule has 0 amide bonds. The second-order valence-corrected chi connectivity index (χ2v) is 2.66. The molecule has 5 heteroatoms. The van der Waals surface area contributed by atoms with Crippen LogP contribution in [-0.4, -0.2) is 10.1 Å². The Hall–Kier alpha value is -1.23. The number of hydrogen-bond acceptors (Lipinski definition) is 3. The van der Waals surface area contributed by atoms with Gasteiger partial charge in [0.2, 0.25) is 0 Å². The topological polar surface area (TPSA) is 59.1 Å². The van der Waals surface area contributed by atoms with Gasteiger partial charge in [-0.15, -0.1) is 0 Å². The van der Waals surface area contributed by atoms with Crippen LogP contribution >= 0.6 is 0 Å². The molecule has 0 atom stereocenters. The van der Waals surface area contributed by atoms with Gasteiger partial charge in [0.25, 0.3) is 6.43 Å². The summed E-state index contributed by atoms with van der Waals surface area (Å²) >= 11 is 0. The van der Waals surface area contributed by atoms with Gasteiger partial charge >= 0.3 is 0 Å². The highest BCUT2D eigenvalue weighted by Gasteiger charge is 2.14. The SMILES string of the molecule is Cc1c(C(F)F)cnc(CO)c1N. The zero-order valence-corrected chi connectivity index (χ0v) is 7.09. The average Bonchev–Trinajstić information content (AvgIpc) is 2.09. The smallest absolute Gasteiger partial charge is 0.265 e. The molecule has 1 heterocycles. The van der Waals surface area contributed by atoms with E-state index in [9.17, 15) is 8.78 Å². The first-order chi connectivity index (χ1) is 6.07. The summed E-state index contributed by atoms with van der Waals surface area (Å²) in [5.41, 5.74) is 5.95. The van der Waals surface area contributed by atoms with Crippen molar-refractivity contribution in [1.82, 2.24) is 4.98 Å². The van der Waals surface area contributed by atoms with Crippen LogP contribution in [0.3, 0.4) is 0 Å². The number of nitrogens with zero attached hydrogens (tertiary/aromatic N) is 1. The fourth-order valence-corrected chi connectivity index (χ4v) is 1.03. The lowest BCUT2D eigenvalue weighted by atomic mass is 10.1. The average molecular weight is 188 g/mol. The van der Waals surface area contributed by atoms with Crippen LogP contribution < -0.4 is 5.73 Å². The molecule has 1 rings (SSSR count). The van der Waals surface area contributed by atoms with E-state index < -0.39 is 6.43 Å². The van der Waals surface area contributed by atoms with Crippen LogP contribution in [0.5, 0.6) is 0 Å². The molecule has 0 aromatic carbocycles. The van der Waals surface area contributed by atoms with E-state index in [2.05, 4.69) is 4.98 Å². The molecule has 0 aliphatic rings. The minimum Gasteiger partial charge on any atom is -0.397 e. The zero-order valence-electron chi connectivity index (χ0n) is 7.09. The molecule has 0 aliphatic heterocycles. The van der Waals surface area contributed by atoms with Crippen LogP contribution in [0.2, 0.25) is 0 Å². The van der Waals surface area contributed by atoms with E-state index in [4.69, 9.17) is 10.8 Å². The highest BCUT2D eigenvalue weighted by atomic mass is 19.3.